The van der Waals surface area contributed by atoms with Crippen LogP contribution in [0.5, 0.6) is 5.75 Å². The molecule has 2 aliphatic rings. The lowest BCUT2D eigenvalue weighted by Gasteiger charge is -2.30. The lowest BCUT2D eigenvalue weighted by Crippen LogP contribution is -2.32. The molecular formula is C31H34ClN3O3. The second-order valence-electron chi connectivity index (χ2n) is 10.1. The van der Waals surface area contributed by atoms with Gasteiger partial charge >= 0.3 is 5.97 Å². The Hall–Kier alpha value is -3.19. The van der Waals surface area contributed by atoms with E-state index >= 15 is 0 Å². The van der Waals surface area contributed by atoms with Gasteiger partial charge in [-0.2, -0.15) is 0 Å². The normalized spacial score (nSPS) is 16.4. The second-order valence-corrected chi connectivity index (χ2v) is 10.6. The number of hydrogen-bond acceptors (Lipinski definition) is 5. The maximum absolute atomic E-state index is 10.9. The molecule has 3 N–H and O–H groups in total. The summed E-state index contributed by atoms with van der Waals surface area (Å²) in [4.78, 5) is 18.3. The van der Waals surface area contributed by atoms with Crippen LogP contribution in [0.1, 0.15) is 47.2 Å². The van der Waals surface area contributed by atoms with Crippen molar-refractivity contribution in [2.45, 2.75) is 44.6 Å². The predicted octanol–water partition coefficient (Wildman–Crippen LogP) is 5.15. The Labute approximate surface area is 229 Å². The molecule has 0 bridgehead atoms. The minimum absolute atomic E-state index is 0.309. The standard InChI is InChI=1S/C31H34ClN3O3/c32-25-8-11-27-24(20-25)7-6-23-3-1-14-34-30(23)29(27)22-12-16-35(17-13-22)15-2-18-38-26-9-4-21(5-10-26)19-28(33)31(36)37/h1,3-5,8-11,14,20,28H,2,6-7,12-13,15-19,33H2,(H,36,37). The van der Waals surface area contributed by atoms with Gasteiger partial charge in [0.1, 0.15) is 11.8 Å². The van der Waals surface area contributed by atoms with Crippen LogP contribution in [0.2, 0.25) is 5.02 Å². The smallest absolute Gasteiger partial charge is 0.320 e. The molecule has 6 nitrogen and oxygen atoms in total. The van der Waals surface area contributed by atoms with Crippen LogP contribution in [-0.2, 0) is 24.1 Å². The van der Waals surface area contributed by atoms with E-state index in [1.54, 1.807) is 0 Å². The van der Waals surface area contributed by atoms with Gasteiger partial charge in [-0.05, 0) is 91.1 Å². The predicted molar refractivity (Wildman–Crippen MR) is 151 cm³/mol. The van der Waals surface area contributed by atoms with Crippen LogP contribution in [0, 0.1) is 0 Å². The van der Waals surface area contributed by atoms with Gasteiger partial charge in [-0.1, -0.05) is 41.4 Å². The molecule has 0 amide bonds. The molecule has 1 aliphatic carbocycles. The van der Waals surface area contributed by atoms with Crippen molar-refractivity contribution in [1.29, 1.82) is 0 Å². The highest BCUT2D eigenvalue weighted by molar-refractivity contribution is 6.30. The van der Waals surface area contributed by atoms with Crippen LogP contribution in [-0.4, -0.2) is 53.2 Å². The maximum Gasteiger partial charge on any atom is 0.320 e. The summed E-state index contributed by atoms with van der Waals surface area (Å²) in [6.45, 7) is 3.70. The van der Waals surface area contributed by atoms with E-state index in [0.717, 1.165) is 73.8 Å². The van der Waals surface area contributed by atoms with Crippen LogP contribution in [0.3, 0.4) is 0 Å². The number of benzene rings is 2. The quantitative estimate of drug-likeness (QED) is 0.391. The number of fused-ring (bicyclic) bond motifs is 2. The first-order valence-electron chi connectivity index (χ1n) is 13.4. The number of pyridine rings is 1. The fourth-order valence-corrected chi connectivity index (χ4v) is 5.67. The molecule has 0 saturated carbocycles. The zero-order valence-corrected chi connectivity index (χ0v) is 22.3. The number of rotatable bonds is 8. The number of carbonyl (C=O) groups is 1. The fourth-order valence-electron chi connectivity index (χ4n) is 5.47. The Balaban J connectivity index is 1.17. The highest BCUT2D eigenvalue weighted by Crippen LogP contribution is 2.38. The summed E-state index contributed by atoms with van der Waals surface area (Å²) in [5, 5.41) is 9.76. The number of nitrogens with zero attached hydrogens (tertiary/aromatic N) is 2. The van der Waals surface area contributed by atoms with E-state index in [1.807, 2.05) is 42.6 Å². The summed E-state index contributed by atoms with van der Waals surface area (Å²) in [5.74, 6) is -0.196. The van der Waals surface area contributed by atoms with Gasteiger partial charge in [0.15, 0.2) is 0 Å². The average Bonchev–Trinajstić information content (AvgIpc) is 3.09. The van der Waals surface area contributed by atoms with E-state index < -0.39 is 12.0 Å². The van der Waals surface area contributed by atoms with Crippen LogP contribution in [0.4, 0.5) is 0 Å². The van der Waals surface area contributed by atoms with Crippen molar-refractivity contribution in [1.82, 2.24) is 9.88 Å². The Morgan fingerprint density at radius 2 is 1.82 bits per heavy atom. The largest absolute Gasteiger partial charge is 0.494 e. The van der Waals surface area contributed by atoms with E-state index in [4.69, 9.17) is 32.2 Å². The Bertz CT molecular complexity index is 1310. The molecule has 1 unspecified atom stereocenters. The lowest BCUT2D eigenvalue weighted by molar-refractivity contribution is -0.138. The summed E-state index contributed by atoms with van der Waals surface area (Å²) >= 11 is 6.36. The third-order valence-corrected chi connectivity index (χ3v) is 7.76. The number of hydrogen-bond donors (Lipinski definition) is 2. The number of aromatic nitrogens is 1. The summed E-state index contributed by atoms with van der Waals surface area (Å²) in [6, 6.07) is 17.2. The van der Waals surface area contributed by atoms with Crippen molar-refractivity contribution in [3.05, 3.63) is 99.3 Å². The number of piperidine rings is 1. The highest BCUT2D eigenvalue weighted by Gasteiger charge is 2.25. The van der Waals surface area contributed by atoms with Gasteiger partial charge < -0.3 is 20.5 Å². The average molecular weight is 532 g/mol. The van der Waals surface area contributed by atoms with Gasteiger partial charge in [0.05, 0.1) is 12.3 Å². The molecule has 1 atom stereocenters. The number of aliphatic carboxylic acids is 1. The number of carboxylic acid groups (broad SMARTS) is 1. The van der Waals surface area contributed by atoms with Gasteiger partial charge in [-0.3, -0.25) is 9.78 Å². The van der Waals surface area contributed by atoms with E-state index in [2.05, 4.69) is 23.1 Å². The lowest BCUT2D eigenvalue weighted by atomic mass is 9.88. The molecule has 1 aliphatic heterocycles. The molecular weight excluding hydrogens is 498 g/mol. The van der Waals surface area contributed by atoms with Crippen LogP contribution in [0.25, 0.3) is 5.57 Å². The molecule has 1 saturated heterocycles. The minimum atomic E-state index is -0.989. The van der Waals surface area contributed by atoms with Crippen LogP contribution in [0.15, 0.2) is 66.4 Å². The number of carboxylic acids is 1. The van der Waals surface area contributed by atoms with E-state index in [9.17, 15) is 4.79 Å². The third kappa shape index (κ3) is 6.26. The number of ether oxygens (including phenoxy) is 1. The summed E-state index contributed by atoms with van der Waals surface area (Å²) in [6.07, 6.45) is 7.21. The maximum atomic E-state index is 10.9. The van der Waals surface area contributed by atoms with Crippen LogP contribution >= 0.6 is 11.6 Å². The SMILES string of the molecule is NC(Cc1ccc(OCCCN2CCC(=C3c4ccc(Cl)cc4CCc4cccnc43)CC2)cc1)C(=O)O. The summed E-state index contributed by atoms with van der Waals surface area (Å²) < 4.78 is 5.92. The third-order valence-electron chi connectivity index (χ3n) is 7.53. The molecule has 38 heavy (non-hydrogen) atoms. The van der Waals surface area contributed by atoms with Gasteiger partial charge in [0, 0.05) is 36.4 Å². The van der Waals surface area contributed by atoms with E-state index in [1.165, 1.54) is 27.8 Å². The van der Waals surface area contributed by atoms with Crippen molar-refractivity contribution in [2.75, 3.05) is 26.2 Å². The van der Waals surface area contributed by atoms with Crippen molar-refractivity contribution >= 4 is 23.1 Å². The Morgan fingerprint density at radius 3 is 2.58 bits per heavy atom. The summed E-state index contributed by atoms with van der Waals surface area (Å²) in [7, 11) is 0. The molecule has 198 valence electrons. The fraction of sp³-hybridized carbons (Fsp3) is 0.355. The monoisotopic (exact) mass is 531 g/mol. The number of nitrogens with two attached hydrogens (primary N) is 1. The van der Waals surface area contributed by atoms with Crippen molar-refractivity contribution in [3.63, 3.8) is 0 Å². The number of halogens is 1. The Morgan fingerprint density at radius 1 is 1.05 bits per heavy atom. The zero-order chi connectivity index (χ0) is 26.5. The Kier molecular flexibility index (Phi) is 8.42. The zero-order valence-electron chi connectivity index (χ0n) is 21.5. The first-order valence-corrected chi connectivity index (χ1v) is 13.7. The molecule has 1 fully saturated rings. The van der Waals surface area contributed by atoms with Crippen LogP contribution < -0.4 is 10.5 Å². The molecule has 1 aromatic heterocycles. The molecule has 2 heterocycles. The van der Waals surface area contributed by atoms with Crippen molar-refractivity contribution in [3.8, 4) is 5.75 Å². The number of aryl methyl sites for hydroxylation is 2. The molecule has 5 rings (SSSR count). The second kappa shape index (κ2) is 12.1. The first-order chi connectivity index (χ1) is 18.5. The van der Waals surface area contributed by atoms with Gasteiger partial charge in [0.2, 0.25) is 0 Å². The first kappa shape index (κ1) is 26.4. The topological polar surface area (TPSA) is 88.7 Å². The molecule has 3 aromatic rings. The molecule has 2 aromatic carbocycles. The molecule has 0 spiro atoms. The molecule has 0 radical (unpaired) electrons. The summed E-state index contributed by atoms with van der Waals surface area (Å²) in [5.41, 5.74) is 14.4. The molecule has 7 heteroatoms. The highest BCUT2D eigenvalue weighted by atomic mass is 35.5. The van der Waals surface area contributed by atoms with Crippen molar-refractivity contribution < 1.29 is 14.6 Å². The number of likely N-dealkylation sites (tertiary alicyclic amines) is 1. The van der Waals surface area contributed by atoms with Gasteiger partial charge in [0.25, 0.3) is 0 Å². The van der Waals surface area contributed by atoms with Gasteiger partial charge in [-0.25, -0.2) is 0 Å². The van der Waals surface area contributed by atoms with Gasteiger partial charge in [-0.15, -0.1) is 0 Å². The van der Waals surface area contributed by atoms with Crippen molar-refractivity contribution in [2.24, 2.45) is 5.73 Å². The minimum Gasteiger partial charge on any atom is -0.494 e. The van der Waals surface area contributed by atoms with E-state index in [-0.39, 0.29) is 0 Å². The van der Waals surface area contributed by atoms with E-state index in [0.29, 0.717) is 13.0 Å².